The molecule has 0 fully saturated rings. The van der Waals surface area contributed by atoms with E-state index in [2.05, 4.69) is 11.6 Å². The van der Waals surface area contributed by atoms with Crippen LogP contribution in [0.5, 0.6) is 11.5 Å². The Morgan fingerprint density at radius 3 is 2.84 bits per heavy atom. The molecule has 0 aliphatic heterocycles. The lowest BCUT2D eigenvalue weighted by molar-refractivity contribution is 0.278. The van der Waals surface area contributed by atoms with Gasteiger partial charge < -0.3 is 9.47 Å². The third kappa shape index (κ3) is 3.71. The summed E-state index contributed by atoms with van der Waals surface area (Å²) in [5.41, 5.74) is 1.74. The van der Waals surface area contributed by atoms with E-state index in [1.165, 1.54) is 0 Å². The zero-order valence-corrected chi connectivity index (χ0v) is 14.1. The standard InChI is InChI=1S/C20H20N2O3/c1-3-6-15-9-10-18(19(13-15)24-2)25-12-11-22-14-21-17-8-5-4-7-16(17)20(22)23/h3-5,7-10,13-14H,1,6,11-12H2,2H3. The minimum atomic E-state index is -0.0671. The number of ether oxygens (including phenoxy) is 2. The van der Waals surface area contributed by atoms with E-state index in [-0.39, 0.29) is 5.56 Å². The Morgan fingerprint density at radius 1 is 1.20 bits per heavy atom. The highest BCUT2D eigenvalue weighted by molar-refractivity contribution is 5.76. The van der Waals surface area contributed by atoms with Gasteiger partial charge >= 0.3 is 0 Å². The summed E-state index contributed by atoms with van der Waals surface area (Å²) in [5.74, 6) is 1.32. The van der Waals surface area contributed by atoms with E-state index in [0.29, 0.717) is 35.6 Å². The van der Waals surface area contributed by atoms with Crippen molar-refractivity contribution in [3.8, 4) is 11.5 Å². The van der Waals surface area contributed by atoms with Crippen LogP contribution in [0.1, 0.15) is 5.56 Å². The van der Waals surface area contributed by atoms with Crippen molar-refractivity contribution in [3.05, 3.63) is 77.4 Å². The van der Waals surface area contributed by atoms with Crippen LogP contribution in [0.3, 0.4) is 0 Å². The Balaban J connectivity index is 1.72. The molecule has 5 heteroatoms. The highest BCUT2D eigenvalue weighted by Gasteiger charge is 2.07. The molecule has 0 saturated carbocycles. The van der Waals surface area contributed by atoms with E-state index in [1.807, 2.05) is 42.5 Å². The van der Waals surface area contributed by atoms with Crippen molar-refractivity contribution in [1.29, 1.82) is 0 Å². The first-order valence-corrected chi connectivity index (χ1v) is 8.07. The molecule has 25 heavy (non-hydrogen) atoms. The second kappa shape index (κ2) is 7.66. The molecule has 3 aromatic rings. The van der Waals surface area contributed by atoms with Gasteiger partial charge in [-0.1, -0.05) is 24.3 Å². The van der Waals surface area contributed by atoms with Crippen LogP contribution in [0.4, 0.5) is 0 Å². The number of aromatic nitrogens is 2. The van der Waals surface area contributed by atoms with E-state index >= 15 is 0 Å². The van der Waals surface area contributed by atoms with Gasteiger partial charge in [0.15, 0.2) is 11.5 Å². The van der Waals surface area contributed by atoms with Gasteiger partial charge in [0.05, 0.1) is 30.9 Å². The maximum atomic E-state index is 12.4. The molecule has 1 aromatic heterocycles. The number of hydrogen-bond donors (Lipinski definition) is 0. The van der Waals surface area contributed by atoms with Crippen molar-refractivity contribution < 1.29 is 9.47 Å². The maximum Gasteiger partial charge on any atom is 0.261 e. The number of methoxy groups -OCH3 is 1. The second-order valence-corrected chi connectivity index (χ2v) is 5.59. The number of benzene rings is 2. The maximum absolute atomic E-state index is 12.4. The Labute approximate surface area is 146 Å². The summed E-state index contributed by atoms with van der Waals surface area (Å²) < 4.78 is 12.7. The molecule has 2 aromatic carbocycles. The van der Waals surface area contributed by atoms with Gasteiger partial charge in [0.1, 0.15) is 6.61 Å². The Hall–Kier alpha value is -3.08. The van der Waals surface area contributed by atoms with Crippen LogP contribution in [0.25, 0.3) is 10.9 Å². The average Bonchev–Trinajstić information content (AvgIpc) is 2.65. The zero-order valence-electron chi connectivity index (χ0n) is 14.1. The molecule has 0 aliphatic carbocycles. The third-order valence-corrected chi connectivity index (χ3v) is 3.93. The van der Waals surface area contributed by atoms with Crippen molar-refractivity contribution in [1.82, 2.24) is 9.55 Å². The van der Waals surface area contributed by atoms with Crippen LogP contribution in [-0.4, -0.2) is 23.3 Å². The van der Waals surface area contributed by atoms with E-state index < -0.39 is 0 Å². The molecule has 0 saturated heterocycles. The minimum Gasteiger partial charge on any atom is -0.493 e. The van der Waals surface area contributed by atoms with Crippen molar-refractivity contribution >= 4 is 10.9 Å². The smallest absolute Gasteiger partial charge is 0.261 e. The van der Waals surface area contributed by atoms with Crippen LogP contribution in [0, 0.1) is 0 Å². The summed E-state index contributed by atoms with van der Waals surface area (Å²) in [6, 6.07) is 13.1. The highest BCUT2D eigenvalue weighted by Crippen LogP contribution is 2.28. The number of nitrogens with zero attached hydrogens (tertiary/aromatic N) is 2. The van der Waals surface area contributed by atoms with Crippen LogP contribution >= 0.6 is 0 Å². The molecule has 0 radical (unpaired) electrons. The molecule has 1 heterocycles. The Bertz CT molecular complexity index is 947. The van der Waals surface area contributed by atoms with Gasteiger partial charge in [-0.25, -0.2) is 4.98 Å². The van der Waals surface area contributed by atoms with Gasteiger partial charge in [-0.15, -0.1) is 6.58 Å². The summed E-state index contributed by atoms with van der Waals surface area (Å²) in [5, 5.41) is 0.608. The predicted octanol–water partition coefficient (Wildman–Crippen LogP) is 3.21. The molecule has 0 spiro atoms. The van der Waals surface area contributed by atoms with Gasteiger partial charge in [-0.2, -0.15) is 0 Å². The SMILES string of the molecule is C=CCc1ccc(OCCn2cnc3ccccc3c2=O)c(OC)c1. The lowest BCUT2D eigenvalue weighted by Crippen LogP contribution is -2.23. The van der Waals surface area contributed by atoms with Gasteiger partial charge in [0, 0.05) is 0 Å². The van der Waals surface area contributed by atoms with Crippen LogP contribution < -0.4 is 15.0 Å². The Kier molecular flexibility index (Phi) is 5.14. The van der Waals surface area contributed by atoms with Gasteiger partial charge in [-0.05, 0) is 36.2 Å². The van der Waals surface area contributed by atoms with Gasteiger partial charge in [0.25, 0.3) is 5.56 Å². The van der Waals surface area contributed by atoms with Crippen molar-refractivity contribution in [2.75, 3.05) is 13.7 Å². The summed E-state index contributed by atoms with van der Waals surface area (Å²) in [6.07, 6.45) is 4.17. The quantitative estimate of drug-likeness (QED) is 0.622. The number of hydrogen-bond acceptors (Lipinski definition) is 4. The van der Waals surface area contributed by atoms with Gasteiger partial charge in [0.2, 0.25) is 0 Å². The summed E-state index contributed by atoms with van der Waals surface area (Å²) in [7, 11) is 1.61. The summed E-state index contributed by atoms with van der Waals surface area (Å²) in [4.78, 5) is 16.8. The number of rotatable bonds is 7. The second-order valence-electron chi connectivity index (χ2n) is 5.59. The van der Waals surface area contributed by atoms with E-state index in [0.717, 1.165) is 12.0 Å². The van der Waals surface area contributed by atoms with Crippen molar-refractivity contribution in [3.63, 3.8) is 0 Å². The van der Waals surface area contributed by atoms with Crippen LogP contribution in [0.15, 0.2) is 66.2 Å². The molecule has 128 valence electrons. The van der Waals surface area contributed by atoms with Crippen LogP contribution in [-0.2, 0) is 13.0 Å². The minimum absolute atomic E-state index is 0.0671. The first-order chi connectivity index (χ1) is 12.2. The number of para-hydroxylation sites is 1. The van der Waals surface area contributed by atoms with E-state index in [1.54, 1.807) is 24.1 Å². The molecular weight excluding hydrogens is 316 g/mol. The van der Waals surface area contributed by atoms with E-state index in [4.69, 9.17) is 9.47 Å². The normalized spacial score (nSPS) is 10.6. The lowest BCUT2D eigenvalue weighted by Gasteiger charge is -2.12. The summed E-state index contributed by atoms with van der Waals surface area (Å²) >= 11 is 0. The first-order valence-electron chi connectivity index (χ1n) is 8.07. The number of fused-ring (bicyclic) bond motifs is 1. The monoisotopic (exact) mass is 336 g/mol. The third-order valence-electron chi connectivity index (χ3n) is 3.93. The van der Waals surface area contributed by atoms with Crippen molar-refractivity contribution in [2.45, 2.75) is 13.0 Å². The lowest BCUT2D eigenvalue weighted by atomic mass is 10.1. The molecule has 5 nitrogen and oxygen atoms in total. The van der Waals surface area contributed by atoms with Crippen LogP contribution in [0.2, 0.25) is 0 Å². The fourth-order valence-electron chi connectivity index (χ4n) is 2.64. The molecular formula is C20H20N2O3. The highest BCUT2D eigenvalue weighted by atomic mass is 16.5. The fourth-order valence-corrected chi connectivity index (χ4v) is 2.64. The molecule has 3 rings (SSSR count). The zero-order chi connectivity index (χ0) is 17.6. The first kappa shape index (κ1) is 16.8. The Morgan fingerprint density at radius 2 is 2.04 bits per heavy atom. The van der Waals surface area contributed by atoms with E-state index in [9.17, 15) is 4.79 Å². The predicted molar refractivity (Wildman–Crippen MR) is 98.4 cm³/mol. The molecule has 0 atom stereocenters. The summed E-state index contributed by atoms with van der Waals surface area (Å²) in [6.45, 7) is 4.49. The van der Waals surface area contributed by atoms with Gasteiger partial charge in [-0.3, -0.25) is 9.36 Å². The average molecular weight is 336 g/mol. The topological polar surface area (TPSA) is 53.4 Å². The molecule has 0 unspecified atom stereocenters. The van der Waals surface area contributed by atoms with Crippen molar-refractivity contribution in [2.24, 2.45) is 0 Å². The molecule has 0 bridgehead atoms. The molecule has 0 N–H and O–H groups in total. The molecule has 0 amide bonds. The largest absolute Gasteiger partial charge is 0.493 e. The fraction of sp³-hybridized carbons (Fsp3) is 0.200. The molecule has 0 aliphatic rings. The number of allylic oxidation sites excluding steroid dienone is 1.